The monoisotopic (exact) mass is 353 g/mol. The number of nitrogens with one attached hydrogen (secondary N) is 1. The lowest BCUT2D eigenvalue weighted by Crippen LogP contribution is -2.33. The van der Waals surface area contributed by atoms with E-state index in [2.05, 4.69) is 16.9 Å². The van der Waals surface area contributed by atoms with E-state index in [4.69, 9.17) is 0 Å². The van der Waals surface area contributed by atoms with Gasteiger partial charge in [0, 0.05) is 18.5 Å². The van der Waals surface area contributed by atoms with Gasteiger partial charge in [0.25, 0.3) is 5.56 Å². The van der Waals surface area contributed by atoms with Gasteiger partial charge in [0.2, 0.25) is 5.91 Å². The number of H-pyrrole nitrogens is 1. The van der Waals surface area contributed by atoms with Gasteiger partial charge in [-0.05, 0) is 32.8 Å². The van der Waals surface area contributed by atoms with E-state index in [9.17, 15) is 9.59 Å². The van der Waals surface area contributed by atoms with E-state index in [-0.39, 0.29) is 16.7 Å². The zero-order valence-electron chi connectivity index (χ0n) is 14.2. The molecule has 1 unspecified atom stereocenters. The molecular weight excluding hydrogens is 330 g/mol. The number of fused-ring (bicyclic) bond motifs is 1. The first kappa shape index (κ1) is 18.0. The van der Waals surface area contributed by atoms with Crippen LogP contribution in [-0.2, 0) is 10.5 Å². The number of thiophene rings is 1. The maximum atomic E-state index is 12.2. The maximum absolute atomic E-state index is 12.2. The normalized spacial score (nSPS) is 12.6. The Hall–Kier alpha value is -1.34. The Balaban J connectivity index is 2.11. The average Bonchev–Trinajstić information content (AvgIpc) is 2.79. The predicted octanol–water partition coefficient (Wildman–Crippen LogP) is 3.09. The molecule has 126 valence electrons. The van der Waals surface area contributed by atoms with Crippen LogP contribution < -0.4 is 5.56 Å². The fourth-order valence-electron chi connectivity index (χ4n) is 2.40. The van der Waals surface area contributed by atoms with Crippen LogP contribution in [0, 0.1) is 13.8 Å². The molecule has 0 fully saturated rings. The van der Waals surface area contributed by atoms with Crippen LogP contribution in [0.3, 0.4) is 0 Å². The second kappa shape index (κ2) is 7.49. The zero-order valence-corrected chi connectivity index (χ0v) is 15.9. The first-order valence-corrected chi connectivity index (χ1v) is 9.57. The Labute approximate surface area is 144 Å². The van der Waals surface area contributed by atoms with Crippen molar-refractivity contribution in [2.45, 2.75) is 45.1 Å². The number of hydrogen-bond acceptors (Lipinski definition) is 5. The largest absolute Gasteiger partial charge is 0.345 e. The molecular formula is C16H23N3O2S2. The van der Waals surface area contributed by atoms with Gasteiger partial charge in [0.05, 0.1) is 16.4 Å². The van der Waals surface area contributed by atoms with Crippen molar-refractivity contribution in [3.05, 3.63) is 26.6 Å². The highest BCUT2D eigenvalue weighted by Crippen LogP contribution is 2.26. The third-order valence-corrected chi connectivity index (χ3v) is 6.08. The molecule has 1 N–H and O–H groups in total. The highest BCUT2D eigenvalue weighted by molar-refractivity contribution is 7.99. The highest BCUT2D eigenvalue weighted by Gasteiger charge is 2.18. The first-order chi connectivity index (χ1) is 10.8. The number of amides is 1. The molecule has 0 aromatic carbocycles. The van der Waals surface area contributed by atoms with Gasteiger partial charge in [-0.1, -0.05) is 6.92 Å². The molecule has 0 saturated carbocycles. The average molecular weight is 354 g/mol. The summed E-state index contributed by atoms with van der Waals surface area (Å²) in [6.45, 7) is 8.66. The van der Waals surface area contributed by atoms with E-state index in [1.165, 1.54) is 11.8 Å². The molecule has 7 heteroatoms. The summed E-state index contributed by atoms with van der Waals surface area (Å²) in [5, 5.41) is 0.535. The molecule has 23 heavy (non-hydrogen) atoms. The molecule has 2 heterocycles. The SMILES string of the molecule is CCCN(C)C(=O)C(C)SCc1nc2sc(C)c(C)c2c(=O)[nH]1. The number of nitrogens with zero attached hydrogens (tertiary/aromatic N) is 2. The molecule has 0 aliphatic rings. The Morgan fingerprint density at radius 3 is 2.78 bits per heavy atom. The molecule has 0 aliphatic carbocycles. The van der Waals surface area contributed by atoms with Gasteiger partial charge in [-0.2, -0.15) is 0 Å². The summed E-state index contributed by atoms with van der Waals surface area (Å²) in [7, 11) is 1.83. The van der Waals surface area contributed by atoms with Crippen molar-refractivity contribution in [2.24, 2.45) is 0 Å². The summed E-state index contributed by atoms with van der Waals surface area (Å²) in [6, 6.07) is 0. The lowest BCUT2D eigenvalue weighted by Gasteiger charge is -2.20. The molecule has 2 aromatic heterocycles. The second-order valence-corrected chi connectivity index (χ2v) is 8.22. The quantitative estimate of drug-likeness (QED) is 0.867. The van der Waals surface area contributed by atoms with E-state index in [0.29, 0.717) is 17.0 Å². The number of hydrogen-bond donors (Lipinski definition) is 1. The molecule has 0 aliphatic heterocycles. The number of aromatic nitrogens is 2. The third kappa shape index (κ3) is 3.95. The minimum Gasteiger partial charge on any atom is -0.345 e. The number of carbonyl (C=O) groups is 1. The minimum absolute atomic E-state index is 0.0884. The minimum atomic E-state index is -0.153. The summed E-state index contributed by atoms with van der Waals surface area (Å²) in [4.78, 5) is 35.5. The highest BCUT2D eigenvalue weighted by atomic mass is 32.2. The molecule has 1 atom stereocenters. The van der Waals surface area contributed by atoms with Crippen LogP contribution in [0.4, 0.5) is 0 Å². The topological polar surface area (TPSA) is 66.1 Å². The molecule has 2 aromatic rings. The van der Waals surface area contributed by atoms with Crippen molar-refractivity contribution >= 4 is 39.2 Å². The van der Waals surface area contributed by atoms with Gasteiger partial charge in [-0.25, -0.2) is 4.98 Å². The molecule has 0 bridgehead atoms. The fourth-order valence-corrected chi connectivity index (χ4v) is 4.31. The van der Waals surface area contributed by atoms with Gasteiger partial charge < -0.3 is 9.88 Å². The van der Waals surface area contributed by atoms with E-state index in [1.54, 1.807) is 16.2 Å². The maximum Gasteiger partial charge on any atom is 0.259 e. The summed E-state index contributed by atoms with van der Waals surface area (Å²) in [5.74, 6) is 1.27. The van der Waals surface area contributed by atoms with Crippen LogP contribution in [-0.4, -0.2) is 39.6 Å². The van der Waals surface area contributed by atoms with E-state index in [1.807, 2.05) is 27.8 Å². The third-order valence-electron chi connectivity index (χ3n) is 3.84. The number of rotatable bonds is 6. The van der Waals surface area contributed by atoms with E-state index >= 15 is 0 Å². The fraction of sp³-hybridized carbons (Fsp3) is 0.562. The van der Waals surface area contributed by atoms with Crippen molar-refractivity contribution in [1.29, 1.82) is 0 Å². The summed E-state index contributed by atoms with van der Waals surface area (Å²) in [5.41, 5.74) is 0.914. The van der Waals surface area contributed by atoms with Gasteiger partial charge in [-0.15, -0.1) is 23.1 Å². The van der Waals surface area contributed by atoms with Gasteiger partial charge >= 0.3 is 0 Å². The first-order valence-electron chi connectivity index (χ1n) is 7.70. The van der Waals surface area contributed by atoms with Gasteiger partial charge in [0.15, 0.2) is 0 Å². The summed E-state index contributed by atoms with van der Waals surface area (Å²) >= 11 is 3.04. The van der Waals surface area contributed by atoms with Gasteiger partial charge in [0.1, 0.15) is 10.7 Å². The van der Waals surface area contributed by atoms with Crippen LogP contribution in [0.2, 0.25) is 0 Å². The van der Waals surface area contributed by atoms with Crippen LogP contribution in [0.5, 0.6) is 0 Å². The van der Waals surface area contributed by atoms with E-state index < -0.39 is 0 Å². The predicted molar refractivity (Wildman–Crippen MR) is 98.4 cm³/mol. The van der Waals surface area contributed by atoms with Crippen molar-refractivity contribution in [3.63, 3.8) is 0 Å². The van der Waals surface area contributed by atoms with Crippen LogP contribution >= 0.6 is 23.1 Å². The summed E-state index contributed by atoms with van der Waals surface area (Å²) in [6.07, 6.45) is 0.947. The second-order valence-electron chi connectivity index (χ2n) is 5.69. The van der Waals surface area contributed by atoms with Crippen molar-refractivity contribution < 1.29 is 4.79 Å². The zero-order chi connectivity index (χ0) is 17.1. The smallest absolute Gasteiger partial charge is 0.259 e. The van der Waals surface area contributed by atoms with Gasteiger partial charge in [-0.3, -0.25) is 9.59 Å². The molecule has 0 spiro atoms. The Bertz CT molecular complexity index is 767. The number of aromatic amines is 1. The lowest BCUT2D eigenvalue weighted by molar-refractivity contribution is -0.129. The molecule has 2 rings (SSSR count). The standard InChI is InChI=1S/C16H23N3O2S2/c1-6-7-19(5)16(21)11(4)22-8-12-17-14(20)13-9(2)10(3)23-15(13)18-12/h11H,6-8H2,1-5H3,(H,17,18,20). The molecule has 1 amide bonds. The van der Waals surface area contributed by atoms with Crippen molar-refractivity contribution in [3.8, 4) is 0 Å². The van der Waals surface area contributed by atoms with Crippen LogP contribution in [0.15, 0.2) is 4.79 Å². The number of thioether (sulfide) groups is 1. The number of aryl methyl sites for hydroxylation is 2. The molecule has 0 radical (unpaired) electrons. The molecule has 0 saturated heterocycles. The van der Waals surface area contributed by atoms with Crippen molar-refractivity contribution in [2.75, 3.05) is 13.6 Å². The Morgan fingerprint density at radius 1 is 1.43 bits per heavy atom. The van der Waals surface area contributed by atoms with Crippen molar-refractivity contribution in [1.82, 2.24) is 14.9 Å². The Kier molecular flexibility index (Phi) is 5.86. The van der Waals surface area contributed by atoms with E-state index in [0.717, 1.165) is 28.2 Å². The lowest BCUT2D eigenvalue weighted by atomic mass is 10.2. The van der Waals surface area contributed by atoms with Crippen LogP contribution in [0.25, 0.3) is 10.2 Å². The summed E-state index contributed by atoms with van der Waals surface area (Å²) < 4.78 is 0. The number of carbonyl (C=O) groups excluding carboxylic acids is 1. The Morgan fingerprint density at radius 2 is 2.13 bits per heavy atom. The van der Waals surface area contributed by atoms with Crippen LogP contribution in [0.1, 0.15) is 36.5 Å². The molecule has 5 nitrogen and oxygen atoms in total.